The summed E-state index contributed by atoms with van der Waals surface area (Å²) in [5.41, 5.74) is -1.13. The molecule has 0 unspecified atom stereocenters. The van der Waals surface area contributed by atoms with Gasteiger partial charge in [-0.2, -0.15) is 0 Å². The summed E-state index contributed by atoms with van der Waals surface area (Å²) in [6, 6.07) is 0.00678. The van der Waals surface area contributed by atoms with E-state index in [1.54, 1.807) is 11.0 Å². The van der Waals surface area contributed by atoms with E-state index in [1.807, 2.05) is 13.8 Å². The molecule has 0 spiro atoms. The van der Waals surface area contributed by atoms with Crippen molar-refractivity contribution in [2.24, 2.45) is 5.41 Å². The number of amides is 1. The van der Waals surface area contributed by atoms with Gasteiger partial charge in [0.25, 0.3) is 0 Å². The van der Waals surface area contributed by atoms with Crippen molar-refractivity contribution in [3.63, 3.8) is 0 Å². The van der Waals surface area contributed by atoms with Crippen LogP contribution in [0.15, 0.2) is 12.7 Å². The van der Waals surface area contributed by atoms with Crippen LogP contribution in [0.5, 0.6) is 0 Å². The Morgan fingerprint density at radius 3 is 2.33 bits per heavy atom. The number of hydrogen-bond acceptors (Lipinski definition) is 2. The van der Waals surface area contributed by atoms with Crippen molar-refractivity contribution in [1.82, 2.24) is 4.90 Å². The number of carboxylic acids is 1. The third-order valence-corrected chi connectivity index (χ3v) is 2.78. The maximum atomic E-state index is 12.0. The molecule has 1 N–H and O–H groups in total. The van der Waals surface area contributed by atoms with E-state index in [0.29, 0.717) is 19.4 Å². The average molecular weight is 211 g/mol. The molecule has 0 aliphatic heterocycles. The van der Waals surface area contributed by atoms with Crippen LogP contribution in [-0.4, -0.2) is 34.5 Å². The minimum absolute atomic E-state index is 0.00678. The fraction of sp³-hybridized carbons (Fsp3) is 0.636. The minimum Gasteiger partial charge on any atom is -0.480 e. The fourth-order valence-electron chi connectivity index (χ4n) is 1.59. The fourth-order valence-corrected chi connectivity index (χ4v) is 1.59. The Hall–Kier alpha value is -1.32. The Bertz CT molecular complexity index is 292. The van der Waals surface area contributed by atoms with E-state index < -0.39 is 11.4 Å². The smallest absolute Gasteiger partial charge is 0.319 e. The van der Waals surface area contributed by atoms with Crippen molar-refractivity contribution in [2.45, 2.75) is 32.7 Å². The summed E-state index contributed by atoms with van der Waals surface area (Å²) >= 11 is 0. The first kappa shape index (κ1) is 11.8. The zero-order valence-electron chi connectivity index (χ0n) is 9.19. The molecule has 0 atom stereocenters. The van der Waals surface area contributed by atoms with Gasteiger partial charge in [0.1, 0.15) is 5.41 Å². The predicted molar refractivity (Wildman–Crippen MR) is 56.3 cm³/mol. The Morgan fingerprint density at radius 1 is 1.53 bits per heavy atom. The monoisotopic (exact) mass is 211 g/mol. The van der Waals surface area contributed by atoms with E-state index in [1.165, 1.54) is 0 Å². The maximum absolute atomic E-state index is 12.0. The molecule has 1 aliphatic rings. The molecule has 15 heavy (non-hydrogen) atoms. The van der Waals surface area contributed by atoms with Crippen molar-refractivity contribution in [2.75, 3.05) is 6.54 Å². The van der Waals surface area contributed by atoms with Crippen LogP contribution in [0.3, 0.4) is 0 Å². The van der Waals surface area contributed by atoms with Crippen molar-refractivity contribution < 1.29 is 14.7 Å². The quantitative estimate of drug-likeness (QED) is 0.550. The standard InChI is InChI=1S/C11H17NO3/c1-4-7-12(8(2)3)9(13)11(5-6-11)10(14)15/h4,8H,1,5-7H2,2-3H3,(H,14,15). The van der Waals surface area contributed by atoms with Gasteiger partial charge in [0.05, 0.1) is 0 Å². The molecular formula is C11H17NO3. The van der Waals surface area contributed by atoms with E-state index in [9.17, 15) is 9.59 Å². The van der Waals surface area contributed by atoms with Gasteiger partial charge >= 0.3 is 5.97 Å². The lowest BCUT2D eigenvalue weighted by Gasteiger charge is -2.28. The highest BCUT2D eigenvalue weighted by Crippen LogP contribution is 2.47. The molecule has 0 aromatic heterocycles. The molecule has 1 saturated carbocycles. The van der Waals surface area contributed by atoms with Gasteiger partial charge in [-0.05, 0) is 26.7 Å². The molecule has 1 aliphatic carbocycles. The van der Waals surface area contributed by atoms with E-state index >= 15 is 0 Å². The Labute approximate surface area is 89.6 Å². The lowest BCUT2D eigenvalue weighted by molar-refractivity contribution is -0.153. The normalized spacial score (nSPS) is 17.3. The number of carboxylic acid groups (broad SMARTS) is 1. The number of hydrogen-bond donors (Lipinski definition) is 1. The molecule has 4 heteroatoms. The molecule has 84 valence electrons. The predicted octanol–water partition coefficient (Wildman–Crippen LogP) is 1.27. The van der Waals surface area contributed by atoms with Crippen molar-refractivity contribution in [3.8, 4) is 0 Å². The second-order valence-electron chi connectivity index (χ2n) is 4.23. The number of aliphatic carboxylic acids is 1. The zero-order valence-corrected chi connectivity index (χ0v) is 9.19. The van der Waals surface area contributed by atoms with E-state index in [2.05, 4.69) is 6.58 Å². The average Bonchev–Trinajstić information content (AvgIpc) is 2.93. The highest BCUT2D eigenvalue weighted by molar-refractivity contribution is 6.04. The summed E-state index contributed by atoms with van der Waals surface area (Å²) in [5, 5.41) is 9.00. The van der Waals surface area contributed by atoms with Crippen LogP contribution in [0.25, 0.3) is 0 Å². The molecule has 1 rings (SSSR count). The lowest BCUT2D eigenvalue weighted by atomic mass is 10.0. The lowest BCUT2D eigenvalue weighted by Crippen LogP contribution is -2.44. The number of carbonyl (C=O) groups is 2. The summed E-state index contributed by atoms with van der Waals surface area (Å²) < 4.78 is 0. The van der Waals surface area contributed by atoms with E-state index in [4.69, 9.17) is 5.11 Å². The molecule has 4 nitrogen and oxygen atoms in total. The number of carbonyl (C=O) groups excluding carboxylic acids is 1. The summed E-state index contributed by atoms with van der Waals surface area (Å²) in [5.74, 6) is -1.27. The Kier molecular flexibility index (Phi) is 3.17. The van der Waals surface area contributed by atoms with Gasteiger partial charge in [0.2, 0.25) is 5.91 Å². The Balaban J connectivity index is 2.81. The molecule has 0 bridgehead atoms. The van der Waals surface area contributed by atoms with Gasteiger partial charge in [0.15, 0.2) is 0 Å². The zero-order chi connectivity index (χ0) is 11.6. The summed E-state index contributed by atoms with van der Waals surface area (Å²) in [6.45, 7) is 7.73. The van der Waals surface area contributed by atoms with Crippen LogP contribution in [0.1, 0.15) is 26.7 Å². The molecule has 0 saturated heterocycles. The van der Waals surface area contributed by atoms with Crippen molar-refractivity contribution in [1.29, 1.82) is 0 Å². The van der Waals surface area contributed by atoms with Crippen LogP contribution < -0.4 is 0 Å². The first-order valence-corrected chi connectivity index (χ1v) is 5.11. The van der Waals surface area contributed by atoms with Crippen LogP contribution in [0.4, 0.5) is 0 Å². The van der Waals surface area contributed by atoms with Gasteiger partial charge in [-0.3, -0.25) is 9.59 Å². The Morgan fingerprint density at radius 2 is 2.07 bits per heavy atom. The molecule has 0 aromatic carbocycles. The summed E-state index contributed by atoms with van der Waals surface area (Å²) in [4.78, 5) is 24.5. The topological polar surface area (TPSA) is 57.6 Å². The van der Waals surface area contributed by atoms with E-state index in [0.717, 1.165) is 0 Å². The second-order valence-corrected chi connectivity index (χ2v) is 4.23. The van der Waals surface area contributed by atoms with Crippen LogP contribution in [0, 0.1) is 5.41 Å². The van der Waals surface area contributed by atoms with Crippen LogP contribution in [0.2, 0.25) is 0 Å². The van der Waals surface area contributed by atoms with Gasteiger partial charge < -0.3 is 10.0 Å². The van der Waals surface area contributed by atoms with Gasteiger partial charge in [-0.1, -0.05) is 6.08 Å². The molecule has 0 radical (unpaired) electrons. The summed E-state index contributed by atoms with van der Waals surface area (Å²) in [7, 11) is 0. The first-order valence-electron chi connectivity index (χ1n) is 5.11. The maximum Gasteiger partial charge on any atom is 0.319 e. The van der Waals surface area contributed by atoms with Gasteiger partial charge in [-0.15, -0.1) is 6.58 Å². The van der Waals surface area contributed by atoms with E-state index in [-0.39, 0.29) is 11.9 Å². The molecule has 1 fully saturated rings. The first-order chi connectivity index (χ1) is 6.95. The third-order valence-electron chi connectivity index (χ3n) is 2.78. The van der Waals surface area contributed by atoms with Gasteiger partial charge in [-0.25, -0.2) is 0 Å². The van der Waals surface area contributed by atoms with Crippen molar-refractivity contribution in [3.05, 3.63) is 12.7 Å². The molecular weight excluding hydrogens is 194 g/mol. The van der Waals surface area contributed by atoms with Crippen LogP contribution in [-0.2, 0) is 9.59 Å². The molecule has 0 heterocycles. The third kappa shape index (κ3) is 2.03. The minimum atomic E-state index is -1.13. The molecule has 1 amide bonds. The summed E-state index contributed by atoms with van der Waals surface area (Å²) in [6.07, 6.45) is 2.54. The SMILES string of the molecule is C=CCN(C(=O)C1(C(=O)O)CC1)C(C)C. The number of rotatable bonds is 5. The van der Waals surface area contributed by atoms with Crippen molar-refractivity contribution >= 4 is 11.9 Å². The molecule has 0 aromatic rings. The van der Waals surface area contributed by atoms with Gasteiger partial charge in [0, 0.05) is 12.6 Å². The highest BCUT2D eigenvalue weighted by atomic mass is 16.4. The largest absolute Gasteiger partial charge is 0.480 e. The highest BCUT2D eigenvalue weighted by Gasteiger charge is 2.58. The number of nitrogens with zero attached hydrogens (tertiary/aromatic N) is 1. The second kappa shape index (κ2) is 4.04. The van der Waals surface area contributed by atoms with Crippen LogP contribution >= 0.6 is 0 Å².